The number of methoxy groups -OCH3 is 1. The first-order valence-corrected chi connectivity index (χ1v) is 12.1. The van der Waals surface area contributed by atoms with Crippen LogP contribution in [0, 0.1) is 0 Å². The molecule has 1 atom stereocenters. The van der Waals surface area contributed by atoms with Crippen molar-refractivity contribution in [2.75, 3.05) is 26.7 Å². The highest BCUT2D eigenvalue weighted by Gasteiger charge is 2.14. The zero-order valence-electron chi connectivity index (χ0n) is 18.6. The van der Waals surface area contributed by atoms with Crippen LogP contribution in [-0.2, 0) is 23.1 Å². The van der Waals surface area contributed by atoms with Gasteiger partial charge < -0.3 is 14.5 Å². The number of ether oxygens (including phenoxy) is 1. The van der Waals surface area contributed by atoms with Crippen LogP contribution in [0.4, 0.5) is 0 Å². The normalized spacial score (nSPS) is 12.0. The van der Waals surface area contributed by atoms with E-state index in [1.165, 1.54) is 5.56 Å². The summed E-state index contributed by atoms with van der Waals surface area (Å²) in [6.07, 6.45) is 0.849. The predicted octanol–water partition coefficient (Wildman–Crippen LogP) is 4.24. The monoisotopic (exact) mass is 454 g/mol. The number of benzene rings is 2. The molecule has 0 aliphatic heterocycles. The van der Waals surface area contributed by atoms with Crippen LogP contribution in [0.5, 0.6) is 5.75 Å². The van der Waals surface area contributed by atoms with E-state index in [0.29, 0.717) is 22.9 Å². The summed E-state index contributed by atoms with van der Waals surface area (Å²) in [6, 6.07) is 20.8. The highest BCUT2D eigenvalue weighted by molar-refractivity contribution is 7.84. The molecular weight excluding hydrogens is 424 g/mol. The molecule has 0 aliphatic rings. The van der Waals surface area contributed by atoms with Crippen LogP contribution in [0.2, 0.25) is 0 Å². The van der Waals surface area contributed by atoms with Crippen LogP contribution in [0.25, 0.3) is 0 Å². The van der Waals surface area contributed by atoms with Gasteiger partial charge in [0.15, 0.2) is 5.76 Å². The van der Waals surface area contributed by atoms with E-state index in [1.54, 1.807) is 43.5 Å². The summed E-state index contributed by atoms with van der Waals surface area (Å²) in [4.78, 5) is 15.4. The van der Waals surface area contributed by atoms with Crippen LogP contribution in [0.3, 0.4) is 0 Å². The molecule has 7 heteroatoms. The van der Waals surface area contributed by atoms with Gasteiger partial charge in [-0.2, -0.15) is 0 Å². The molecule has 0 fully saturated rings. The summed E-state index contributed by atoms with van der Waals surface area (Å²) in [5, 5.41) is 2.90. The Hall–Kier alpha value is -2.90. The van der Waals surface area contributed by atoms with Crippen LogP contribution in [0.15, 0.2) is 76.0 Å². The summed E-state index contributed by atoms with van der Waals surface area (Å²) in [7, 11) is 0.328. The summed E-state index contributed by atoms with van der Waals surface area (Å²) in [5.74, 6) is 1.43. The molecule has 0 spiro atoms. The first-order valence-electron chi connectivity index (χ1n) is 10.7. The Labute approximate surface area is 192 Å². The number of nitrogens with zero attached hydrogens (tertiary/aromatic N) is 1. The molecular formula is C25H30N2O4S. The molecule has 3 rings (SSSR count). The molecule has 0 unspecified atom stereocenters. The molecule has 170 valence electrons. The number of hydrogen-bond donors (Lipinski definition) is 1. The fraction of sp³-hybridized carbons (Fsp3) is 0.320. The Balaban J connectivity index is 1.42. The van der Waals surface area contributed by atoms with Gasteiger partial charge in [0.2, 0.25) is 0 Å². The third-order valence-corrected chi connectivity index (χ3v) is 6.46. The van der Waals surface area contributed by atoms with Crippen LogP contribution >= 0.6 is 0 Å². The Bertz CT molecular complexity index is 1000. The van der Waals surface area contributed by atoms with Gasteiger partial charge in [-0.1, -0.05) is 37.3 Å². The highest BCUT2D eigenvalue weighted by Crippen LogP contribution is 2.18. The van der Waals surface area contributed by atoms with E-state index in [4.69, 9.17) is 9.15 Å². The minimum atomic E-state index is -1.26. The molecule has 1 amide bonds. The van der Waals surface area contributed by atoms with Gasteiger partial charge in [-0.15, -0.1) is 0 Å². The maximum absolute atomic E-state index is 12.5. The maximum atomic E-state index is 12.5. The van der Waals surface area contributed by atoms with Crippen molar-refractivity contribution < 1.29 is 18.2 Å². The fourth-order valence-corrected chi connectivity index (χ4v) is 4.32. The number of furan rings is 1. The third kappa shape index (κ3) is 7.07. The molecule has 1 N–H and O–H groups in total. The van der Waals surface area contributed by atoms with Gasteiger partial charge in [0.1, 0.15) is 11.5 Å². The van der Waals surface area contributed by atoms with Crippen molar-refractivity contribution in [3.05, 3.63) is 83.8 Å². The van der Waals surface area contributed by atoms with Gasteiger partial charge >= 0.3 is 0 Å². The molecule has 0 radical (unpaired) electrons. The van der Waals surface area contributed by atoms with Gasteiger partial charge in [0, 0.05) is 24.5 Å². The molecule has 0 saturated carbocycles. The minimum absolute atomic E-state index is 0.213. The van der Waals surface area contributed by atoms with E-state index in [9.17, 15) is 9.00 Å². The zero-order chi connectivity index (χ0) is 22.8. The second-order valence-corrected chi connectivity index (χ2v) is 8.85. The van der Waals surface area contributed by atoms with Crippen molar-refractivity contribution in [3.63, 3.8) is 0 Å². The topological polar surface area (TPSA) is 71.8 Å². The Morgan fingerprint density at radius 2 is 1.81 bits per heavy atom. The molecule has 6 nitrogen and oxygen atoms in total. The maximum Gasteiger partial charge on any atom is 0.286 e. The second kappa shape index (κ2) is 12.2. The van der Waals surface area contributed by atoms with Gasteiger partial charge in [0.05, 0.1) is 23.7 Å². The lowest BCUT2D eigenvalue weighted by atomic mass is 10.2. The lowest BCUT2D eigenvalue weighted by molar-refractivity contribution is 0.0922. The zero-order valence-corrected chi connectivity index (χ0v) is 19.4. The van der Waals surface area contributed by atoms with E-state index < -0.39 is 10.8 Å². The number of rotatable bonds is 12. The minimum Gasteiger partial charge on any atom is -0.497 e. The summed E-state index contributed by atoms with van der Waals surface area (Å²) >= 11 is 0. The second-order valence-electron chi connectivity index (χ2n) is 7.40. The molecule has 0 bridgehead atoms. The number of carbonyl (C=O) groups is 1. The van der Waals surface area contributed by atoms with Crippen molar-refractivity contribution in [1.82, 2.24) is 10.2 Å². The van der Waals surface area contributed by atoms with Gasteiger partial charge in [-0.05, 0) is 54.9 Å². The van der Waals surface area contributed by atoms with Crippen molar-refractivity contribution in [3.8, 4) is 5.75 Å². The lowest BCUT2D eigenvalue weighted by Crippen LogP contribution is -2.29. The Morgan fingerprint density at radius 3 is 2.50 bits per heavy atom. The van der Waals surface area contributed by atoms with E-state index in [1.807, 2.05) is 18.2 Å². The summed E-state index contributed by atoms with van der Waals surface area (Å²) < 4.78 is 23.3. The first-order chi connectivity index (χ1) is 15.6. The van der Waals surface area contributed by atoms with Crippen LogP contribution in [0.1, 0.15) is 35.2 Å². The number of nitrogens with one attached hydrogen (secondary N) is 1. The van der Waals surface area contributed by atoms with E-state index in [2.05, 4.69) is 29.3 Å². The number of carbonyl (C=O) groups excluding carboxylic acids is 1. The average Bonchev–Trinajstić information content (AvgIpc) is 3.30. The molecule has 0 aliphatic carbocycles. The number of amides is 1. The average molecular weight is 455 g/mol. The summed E-state index contributed by atoms with van der Waals surface area (Å²) in [6.45, 7) is 5.46. The SMILES string of the molecule is CCN(CCCNC(=O)c1ccc(C[S@](=O)c2ccc(OC)cc2)o1)Cc1ccccc1. The largest absolute Gasteiger partial charge is 0.497 e. The van der Waals surface area contributed by atoms with Crippen molar-refractivity contribution >= 4 is 16.7 Å². The molecule has 1 heterocycles. The van der Waals surface area contributed by atoms with Crippen LogP contribution < -0.4 is 10.1 Å². The van der Waals surface area contributed by atoms with E-state index >= 15 is 0 Å². The number of hydrogen-bond acceptors (Lipinski definition) is 5. The standard InChI is InChI=1S/C25H30N2O4S/c1-3-27(18-20-8-5-4-6-9-20)17-7-16-26-25(28)24-15-12-22(31-24)19-32(29)23-13-10-21(30-2)11-14-23/h4-6,8-15H,3,7,16-19H2,1-2H3,(H,26,28)/t32-/m0/s1. The van der Waals surface area contributed by atoms with Crippen LogP contribution in [-0.4, -0.2) is 41.8 Å². The van der Waals surface area contributed by atoms with E-state index in [-0.39, 0.29) is 17.4 Å². The smallest absolute Gasteiger partial charge is 0.286 e. The summed E-state index contributed by atoms with van der Waals surface area (Å²) in [5.41, 5.74) is 1.29. The first kappa shape index (κ1) is 23.8. The molecule has 32 heavy (non-hydrogen) atoms. The lowest BCUT2D eigenvalue weighted by Gasteiger charge is -2.20. The molecule has 0 saturated heterocycles. The quantitative estimate of drug-likeness (QED) is 0.415. The Kier molecular flexibility index (Phi) is 9.07. The molecule has 1 aromatic heterocycles. The fourth-order valence-electron chi connectivity index (χ4n) is 3.30. The van der Waals surface area contributed by atoms with Crippen molar-refractivity contribution in [1.29, 1.82) is 0 Å². The molecule has 3 aromatic rings. The van der Waals surface area contributed by atoms with Crippen molar-refractivity contribution in [2.45, 2.75) is 30.5 Å². The van der Waals surface area contributed by atoms with Crippen molar-refractivity contribution in [2.24, 2.45) is 0 Å². The van der Waals surface area contributed by atoms with Gasteiger partial charge in [-0.3, -0.25) is 13.9 Å². The predicted molar refractivity (Wildman–Crippen MR) is 126 cm³/mol. The highest BCUT2D eigenvalue weighted by atomic mass is 32.2. The third-order valence-electron chi connectivity index (χ3n) is 5.11. The van der Waals surface area contributed by atoms with Gasteiger partial charge in [-0.25, -0.2) is 0 Å². The van der Waals surface area contributed by atoms with E-state index in [0.717, 1.165) is 26.1 Å². The Morgan fingerprint density at radius 1 is 1.06 bits per heavy atom. The molecule has 2 aromatic carbocycles. The van der Waals surface area contributed by atoms with Gasteiger partial charge in [0.25, 0.3) is 5.91 Å².